The van der Waals surface area contributed by atoms with E-state index in [4.69, 9.17) is 0 Å². The van der Waals surface area contributed by atoms with E-state index >= 15 is 0 Å². The molecular weight excluding hydrogens is 1260 g/mol. The summed E-state index contributed by atoms with van der Waals surface area (Å²) in [4.78, 5) is 0. The SMILES string of the molecule is CCC1(CC2=Cc3c(-c4cccc5ccccc45)cccc3[CH]2[Zr+2])CCC1.CCCC1(CC2=Cc3c(-c4cccc5ccccc45)cccc3[CH]2[Zr+2][CH]2C(CC3(CCC)CCCCC3)=Cc3c(-c4cccc5ccccc45)cccc32)CCCCC1.[Cl-].[Cl-]. The van der Waals surface area contributed by atoms with Crippen molar-refractivity contribution < 1.29 is 72.8 Å². The third-order valence-electron chi connectivity index (χ3n) is 22.3. The van der Waals surface area contributed by atoms with Gasteiger partial charge in [0, 0.05) is 0 Å². The minimum Gasteiger partial charge on any atom is -1.00 e. The Hall–Kier alpha value is -4.67. The second-order valence-electron chi connectivity index (χ2n) is 27.5. The van der Waals surface area contributed by atoms with Crippen molar-refractivity contribution >= 4 is 50.5 Å². The zero-order valence-corrected chi connectivity index (χ0v) is 58.8. The number of hydrogen-bond donors (Lipinski definition) is 0. The van der Waals surface area contributed by atoms with E-state index in [1.54, 1.807) is 58.1 Å². The molecule has 9 aromatic carbocycles. The second-order valence-corrected chi connectivity index (χ2v) is 32.6. The van der Waals surface area contributed by atoms with Gasteiger partial charge >= 0.3 is 547 Å². The van der Waals surface area contributed by atoms with Crippen molar-refractivity contribution in [3.05, 3.63) is 232 Å². The van der Waals surface area contributed by atoms with Crippen LogP contribution in [0.3, 0.4) is 0 Å². The number of benzene rings is 9. The van der Waals surface area contributed by atoms with Crippen LogP contribution < -0.4 is 24.8 Å². The van der Waals surface area contributed by atoms with Crippen molar-refractivity contribution in [2.75, 3.05) is 0 Å². The summed E-state index contributed by atoms with van der Waals surface area (Å²) in [5, 5.41) is 8.12. The molecule has 0 aromatic heterocycles. The van der Waals surface area contributed by atoms with Crippen molar-refractivity contribution in [3.63, 3.8) is 0 Å². The zero-order valence-electron chi connectivity index (χ0n) is 52.4. The Labute approximate surface area is 566 Å². The van der Waals surface area contributed by atoms with Gasteiger partial charge in [0.2, 0.25) is 0 Å². The summed E-state index contributed by atoms with van der Waals surface area (Å²) in [6, 6.07) is 69.3. The first-order chi connectivity index (χ1) is 42.3. The fourth-order valence-electron chi connectivity index (χ4n) is 17.8. The molecule has 88 heavy (non-hydrogen) atoms. The molecule has 6 aliphatic carbocycles. The molecule has 9 aromatic rings. The Morgan fingerprint density at radius 3 is 1.07 bits per heavy atom. The van der Waals surface area contributed by atoms with E-state index in [-0.39, 0.29) is 24.8 Å². The number of rotatable bonds is 16. The van der Waals surface area contributed by atoms with E-state index in [9.17, 15) is 0 Å². The summed E-state index contributed by atoms with van der Waals surface area (Å²) in [5.74, 6) is 0. The van der Waals surface area contributed by atoms with Gasteiger partial charge in [0.25, 0.3) is 0 Å². The van der Waals surface area contributed by atoms with Crippen LogP contribution >= 0.6 is 0 Å². The van der Waals surface area contributed by atoms with E-state index < -0.39 is 23.2 Å². The van der Waals surface area contributed by atoms with Gasteiger partial charge in [-0.3, -0.25) is 0 Å². The predicted octanol–water partition coefficient (Wildman–Crippen LogP) is 18.7. The summed E-state index contributed by atoms with van der Waals surface area (Å²) in [7, 11) is 0. The molecule has 6 aliphatic rings. The molecule has 3 fully saturated rings. The summed E-state index contributed by atoms with van der Waals surface area (Å²) in [5.41, 5.74) is 24.7. The van der Waals surface area contributed by atoms with Crippen LogP contribution in [0.2, 0.25) is 0 Å². The maximum Gasteiger partial charge on any atom is -1.00 e. The molecule has 0 heterocycles. The topological polar surface area (TPSA) is 0 Å². The van der Waals surface area contributed by atoms with Crippen LogP contribution in [0.5, 0.6) is 0 Å². The Bertz CT molecular complexity index is 3860. The molecule has 0 amide bonds. The predicted molar refractivity (Wildman–Crippen MR) is 362 cm³/mol. The Balaban J connectivity index is 0.000000217. The number of fused-ring (bicyclic) bond motifs is 6. The molecule has 443 valence electrons. The second kappa shape index (κ2) is 27.7. The van der Waals surface area contributed by atoms with Gasteiger partial charge in [-0.15, -0.1) is 0 Å². The van der Waals surface area contributed by atoms with Gasteiger partial charge in [-0.05, 0) is 0 Å². The summed E-state index contributed by atoms with van der Waals surface area (Å²) in [6.07, 6.45) is 37.1. The molecule has 0 bridgehead atoms. The van der Waals surface area contributed by atoms with Crippen LogP contribution in [0.1, 0.15) is 200 Å². The Morgan fingerprint density at radius 2 is 0.682 bits per heavy atom. The minimum absolute atomic E-state index is 0. The molecule has 15 rings (SSSR count). The first-order valence-electron chi connectivity index (χ1n) is 33.7. The number of hydrogen-bond acceptors (Lipinski definition) is 0. The maximum absolute atomic E-state index is 2.77. The first-order valence-corrected chi connectivity index (χ1v) is 38.0. The first kappa shape index (κ1) is 63.5. The van der Waals surface area contributed by atoms with Crippen molar-refractivity contribution in [2.45, 2.75) is 166 Å². The molecule has 0 nitrogen and oxygen atoms in total. The van der Waals surface area contributed by atoms with Gasteiger partial charge in [0.15, 0.2) is 0 Å². The molecule has 0 radical (unpaired) electrons. The van der Waals surface area contributed by atoms with Crippen molar-refractivity contribution in [1.29, 1.82) is 0 Å². The smallest absolute Gasteiger partial charge is 1.00 e. The van der Waals surface area contributed by atoms with Crippen LogP contribution in [-0.2, 0) is 48.0 Å². The summed E-state index contributed by atoms with van der Waals surface area (Å²) < 4.78 is 1.83. The summed E-state index contributed by atoms with van der Waals surface area (Å²) in [6.45, 7) is 7.28. The minimum atomic E-state index is -1.16. The number of allylic oxidation sites excluding steroid dienone is 3. The third-order valence-corrected chi connectivity index (χ3v) is 29.0. The maximum atomic E-state index is 2.77. The van der Waals surface area contributed by atoms with Crippen LogP contribution in [-0.4, -0.2) is 0 Å². The zero-order chi connectivity index (χ0) is 58.2. The molecule has 3 unspecified atom stereocenters. The average Bonchev–Trinajstić information content (AvgIpc) is 1.71. The molecule has 3 saturated carbocycles. The quantitative estimate of drug-likeness (QED) is 0.0904. The van der Waals surface area contributed by atoms with Crippen molar-refractivity contribution in [1.82, 2.24) is 0 Å². The monoisotopic (exact) mass is 1350 g/mol. The molecule has 0 aliphatic heterocycles. The summed E-state index contributed by atoms with van der Waals surface area (Å²) >= 11 is 0.476. The van der Waals surface area contributed by atoms with E-state index in [2.05, 4.69) is 221 Å². The van der Waals surface area contributed by atoms with Gasteiger partial charge in [0.05, 0.1) is 0 Å². The van der Waals surface area contributed by atoms with Gasteiger partial charge in [-0.25, -0.2) is 0 Å². The fourth-order valence-corrected chi connectivity index (χ4v) is 23.8. The molecular formula is C84H87Cl2Zr2+2. The normalized spacial score (nSPS) is 20.0. The molecule has 4 heteroatoms. The van der Waals surface area contributed by atoms with E-state index in [1.165, 1.54) is 217 Å². The van der Waals surface area contributed by atoms with Crippen LogP contribution in [0.25, 0.3) is 83.9 Å². The Kier molecular flexibility index (Phi) is 19.9. The van der Waals surface area contributed by atoms with Crippen molar-refractivity contribution in [3.8, 4) is 33.4 Å². The Morgan fingerprint density at radius 1 is 0.352 bits per heavy atom. The molecule has 0 N–H and O–H groups in total. The molecule has 0 saturated heterocycles. The van der Waals surface area contributed by atoms with Gasteiger partial charge in [-0.1, -0.05) is 0 Å². The molecule has 0 spiro atoms. The van der Waals surface area contributed by atoms with E-state index in [0.717, 1.165) is 0 Å². The van der Waals surface area contributed by atoms with E-state index in [1.807, 2.05) is 0 Å². The van der Waals surface area contributed by atoms with Gasteiger partial charge in [-0.2, -0.15) is 0 Å². The van der Waals surface area contributed by atoms with Crippen LogP contribution in [0.15, 0.2) is 199 Å². The fraction of sp³-hybridized carbons (Fsp3) is 0.357. The average molecular weight is 1350 g/mol. The van der Waals surface area contributed by atoms with Crippen LogP contribution in [0, 0.1) is 16.2 Å². The van der Waals surface area contributed by atoms with E-state index in [0.29, 0.717) is 27.1 Å². The van der Waals surface area contributed by atoms with Gasteiger partial charge in [0.1, 0.15) is 0 Å². The van der Waals surface area contributed by atoms with Gasteiger partial charge < -0.3 is 24.8 Å². The standard InChI is InChI=1S/2C29H31.C26H25.2ClH.2Zr/c2*1-2-16-29(17-6-3-7-18-29)21-22-19-24-12-9-15-27(28(24)20-22)26-14-8-11-23-10-4-5-13-25(23)26;1-2-26(14-7-15-26)18-19-16-21-10-6-13-24(25(21)17-19)23-12-5-9-20-8-3-4-11-22(20)23;;;;/h2*4-5,8-15,19-20H,2-3,6-7,16-18,21H2,1H3;3-6,8-13,16-17H,2,7,14-15,18H2,1H3;2*1H;;/q;;;;;2*+2/p-2. The third kappa shape index (κ3) is 12.3. The van der Waals surface area contributed by atoms with Crippen molar-refractivity contribution in [2.24, 2.45) is 16.2 Å². The largest absolute Gasteiger partial charge is 1.00 e. The molecule has 3 atom stereocenters. The number of halogens is 2. The van der Waals surface area contributed by atoms with Crippen LogP contribution in [0.4, 0.5) is 0 Å².